The molecule has 0 bridgehead atoms. The number of aliphatic hydroxyl groups is 1. The number of carbonyl (C=O) groups excluding carboxylic acids is 2. The molecule has 1 fully saturated rings. The summed E-state index contributed by atoms with van der Waals surface area (Å²) in [5, 5.41) is 19.7. The highest BCUT2D eigenvalue weighted by Crippen LogP contribution is 2.39. The Kier molecular flexibility index (Phi) is 6.15. The summed E-state index contributed by atoms with van der Waals surface area (Å²) < 4.78 is 18.4. The maximum absolute atomic E-state index is 13.3. The number of aliphatic hydroxyl groups excluding tert-OH is 1. The average molecular weight is 413 g/mol. The van der Waals surface area contributed by atoms with Crippen molar-refractivity contribution < 1.29 is 33.7 Å². The van der Waals surface area contributed by atoms with Crippen LogP contribution in [0.15, 0.2) is 54.1 Å². The molecule has 0 aliphatic carbocycles. The van der Waals surface area contributed by atoms with Crippen LogP contribution in [0, 0.1) is 5.82 Å². The number of ether oxygens (including phenoxy) is 1. The number of benzene rings is 2. The van der Waals surface area contributed by atoms with Gasteiger partial charge in [0.2, 0.25) is 0 Å². The molecule has 156 valence electrons. The lowest BCUT2D eigenvalue weighted by atomic mass is 9.95. The minimum Gasteiger partial charge on any atom is -0.507 e. The second kappa shape index (κ2) is 8.77. The van der Waals surface area contributed by atoms with Crippen LogP contribution >= 0.6 is 0 Å². The predicted molar refractivity (Wildman–Crippen MR) is 105 cm³/mol. The topological polar surface area (TPSA) is 104 Å². The Balaban J connectivity index is 2.08. The van der Waals surface area contributed by atoms with Crippen LogP contribution in [0.2, 0.25) is 0 Å². The Hall–Kier alpha value is -3.68. The van der Waals surface area contributed by atoms with E-state index in [-0.39, 0.29) is 30.5 Å². The molecule has 1 aliphatic heterocycles. The molecule has 1 heterocycles. The minimum atomic E-state index is -1.01. The minimum absolute atomic E-state index is 0.0216. The van der Waals surface area contributed by atoms with Gasteiger partial charge in [0, 0.05) is 18.5 Å². The molecule has 3 rings (SSSR count). The van der Waals surface area contributed by atoms with Gasteiger partial charge in [-0.2, -0.15) is 0 Å². The van der Waals surface area contributed by atoms with Gasteiger partial charge in [0.05, 0.1) is 18.7 Å². The molecule has 2 N–H and O–H groups in total. The van der Waals surface area contributed by atoms with Gasteiger partial charge in [-0.1, -0.05) is 12.1 Å². The smallest absolute Gasteiger partial charge is 0.303 e. The van der Waals surface area contributed by atoms with Crippen LogP contribution < -0.4 is 4.74 Å². The summed E-state index contributed by atoms with van der Waals surface area (Å²) in [6.45, 7) is 0.0216. The molecule has 2 aromatic rings. The van der Waals surface area contributed by atoms with E-state index in [0.717, 1.165) is 12.1 Å². The van der Waals surface area contributed by atoms with Gasteiger partial charge in [0.1, 0.15) is 17.3 Å². The molecular weight excluding hydrogens is 393 g/mol. The van der Waals surface area contributed by atoms with Crippen LogP contribution in [-0.2, 0) is 14.4 Å². The number of ketones is 1. The van der Waals surface area contributed by atoms with E-state index in [2.05, 4.69) is 0 Å². The van der Waals surface area contributed by atoms with Gasteiger partial charge in [-0.25, -0.2) is 4.39 Å². The summed E-state index contributed by atoms with van der Waals surface area (Å²) in [6.07, 6.45) is -0.0259. The molecule has 0 spiro atoms. The largest absolute Gasteiger partial charge is 0.507 e. The van der Waals surface area contributed by atoms with E-state index in [1.54, 1.807) is 24.3 Å². The molecule has 0 radical (unpaired) electrons. The van der Waals surface area contributed by atoms with E-state index in [4.69, 9.17) is 9.84 Å². The zero-order valence-corrected chi connectivity index (χ0v) is 16.2. The Bertz CT molecular complexity index is 997. The van der Waals surface area contributed by atoms with Crippen molar-refractivity contribution in [2.24, 2.45) is 0 Å². The first-order chi connectivity index (χ1) is 14.3. The van der Waals surface area contributed by atoms with Gasteiger partial charge >= 0.3 is 5.97 Å². The molecule has 1 amide bonds. The third-order valence-corrected chi connectivity index (χ3v) is 4.88. The maximum atomic E-state index is 13.3. The molecule has 8 heteroatoms. The molecule has 0 saturated carbocycles. The summed E-state index contributed by atoms with van der Waals surface area (Å²) in [5.41, 5.74) is 0.611. The zero-order chi connectivity index (χ0) is 21.8. The summed E-state index contributed by atoms with van der Waals surface area (Å²) in [4.78, 5) is 37.6. The fourth-order valence-electron chi connectivity index (χ4n) is 3.41. The van der Waals surface area contributed by atoms with Crippen molar-refractivity contribution in [3.8, 4) is 5.75 Å². The van der Waals surface area contributed by atoms with Crippen LogP contribution in [0.5, 0.6) is 5.75 Å². The standard InChI is InChI=1S/C22H20FNO6/c1-30-16-10-6-13(7-11-16)19-18(20(27)14-4-8-15(23)9-5-14)21(28)22(29)24(19)12-2-3-17(25)26/h4-11,19,27H,2-3,12H2,1H3,(H,25,26)/t19-/m0/s1. The third kappa shape index (κ3) is 4.17. The van der Waals surface area contributed by atoms with E-state index >= 15 is 0 Å². The lowest BCUT2D eigenvalue weighted by Crippen LogP contribution is -2.31. The molecule has 30 heavy (non-hydrogen) atoms. The lowest BCUT2D eigenvalue weighted by Gasteiger charge is -2.25. The molecular formula is C22H20FNO6. The Morgan fingerprint density at radius 1 is 1.07 bits per heavy atom. The van der Waals surface area contributed by atoms with Gasteiger partial charge in [0.15, 0.2) is 0 Å². The van der Waals surface area contributed by atoms with Crippen molar-refractivity contribution >= 4 is 23.4 Å². The van der Waals surface area contributed by atoms with Crippen molar-refractivity contribution in [3.63, 3.8) is 0 Å². The number of carbonyl (C=O) groups is 3. The van der Waals surface area contributed by atoms with Crippen molar-refractivity contribution in [2.75, 3.05) is 13.7 Å². The summed E-state index contributed by atoms with van der Waals surface area (Å²) in [6, 6.07) is 10.6. The second-order valence-electron chi connectivity index (χ2n) is 6.77. The fraction of sp³-hybridized carbons (Fsp3) is 0.227. The van der Waals surface area contributed by atoms with E-state index in [9.17, 15) is 23.9 Å². The monoisotopic (exact) mass is 413 g/mol. The highest BCUT2D eigenvalue weighted by Gasteiger charge is 2.45. The van der Waals surface area contributed by atoms with Crippen LogP contribution in [-0.4, -0.2) is 46.4 Å². The second-order valence-corrected chi connectivity index (χ2v) is 6.77. The number of hydrogen-bond acceptors (Lipinski definition) is 5. The van der Waals surface area contributed by atoms with Crippen LogP contribution in [0.25, 0.3) is 5.76 Å². The number of aliphatic carboxylic acids is 1. The molecule has 1 saturated heterocycles. The number of amides is 1. The average Bonchev–Trinajstić information content (AvgIpc) is 2.98. The van der Waals surface area contributed by atoms with E-state index in [0.29, 0.717) is 11.3 Å². The van der Waals surface area contributed by atoms with E-state index in [1.165, 1.54) is 24.1 Å². The highest BCUT2D eigenvalue weighted by molar-refractivity contribution is 6.46. The first kappa shape index (κ1) is 21.0. The molecule has 0 aromatic heterocycles. The summed E-state index contributed by atoms with van der Waals surface area (Å²) >= 11 is 0. The first-order valence-electron chi connectivity index (χ1n) is 9.23. The zero-order valence-electron chi connectivity index (χ0n) is 16.2. The quantitative estimate of drug-likeness (QED) is 0.411. The van der Waals surface area contributed by atoms with Gasteiger partial charge < -0.3 is 19.8 Å². The number of carboxylic acid groups (broad SMARTS) is 1. The van der Waals surface area contributed by atoms with Crippen molar-refractivity contribution in [3.05, 3.63) is 71.0 Å². The van der Waals surface area contributed by atoms with E-state index in [1.807, 2.05) is 0 Å². The number of nitrogens with zero attached hydrogens (tertiary/aromatic N) is 1. The maximum Gasteiger partial charge on any atom is 0.303 e. The summed E-state index contributed by atoms with van der Waals surface area (Å²) in [5.74, 6) is -3.08. The number of Topliss-reactive ketones (excluding diaryl/α,β-unsaturated/α-hetero) is 1. The van der Waals surface area contributed by atoms with Crippen molar-refractivity contribution in [1.82, 2.24) is 4.90 Å². The Morgan fingerprint density at radius 3 is 2.27 bits per heavy atom. The molecule has 7 nitrogen and oxygen atoms in total. The number of likely N-dealkylation sites (tertiary alicyclic amines) is 1. The number of hydrogen-bond donors (Lipinski definition) is 2. The molecule has 0 unspecified atom stereocenters. The fourth-order valence-corrected chi connectivity index (χ4v) is 3.41. The normalized spacial score (nSPS) is 17.9. The Labute approximate surface area is 172 Å². The van der Waals surface area contributed by atoms with Crippen LogP contribution in [0.4, 0.5) is 4.39 Å². The van der Waals surface area contributed by atoms with Crippen molar-refractivity contribution in [1.29, 1.82) is 0 Å². The predicted octanol–water partition coefficient (Wildman–Crippen LogP) is 3.12. The number of rotatable bonds is 7. The summed E-state index contributed by atoms with van der Waals surface area (Å²) in [7, 11) is 1.50. The SMILES string of the molecule is COc1ccc([C@H]2C(=C(O)c3ccc(F)cc3)C(=O)C(=O)N2CCCC(=O)O)cc1. The number of halogens is 1. The Morgan fingerprint density at radius 2 is 1.70 bits per heavy atom. The molecule has 2 aromatic carbocycles. The van der Waals surface area contributed by atoms with Crippen molar-refractivity contribution in [2.45, 2.75) is 18.9 Å². The lowest BCUT2D eigenvalue weighted by molar-refractivity contribution is -0.140. The number of carboxylic acids is 1. The van der Waals surface area contributed by atoms with Gasteiger partial charge in [-0.15, -0.1) is 0 Å². The molecule has 1 atom stereocenters. The van der Waals surface area contributed by atoms with Crippen LogP contribution in [0.1, 0.15) is 30.0 Å². The van der Waals surface area contributed by atoms with Gasteiger partial charge in [0.25, 0.3) is 11.7 Å². The van der Waals surface area contributed by atoms with Crippen LogP contribution in [0.3, 0.4) is 0 Å². The highest BCUT2D eigenvalue weighted by atomic mass is 19.1. The van der Waals surface area contributed by atoms with E-state index < -0.39 is 35.3 Å². The first-order valence-corrected chi connectivity index (χ1v) is 9.23. The van der Waals surface area contributed by atoms with Gasteiger partial charge in [-0.3, -0.25) is 14.4 Å². The molecule has 1 aliphatic rings. The third-order valence-electron chi connectivity index (χ3n) is 4.88. The van der Waals surface area contributed by atoms with Gasteiger partial charge in [-0.05, 0) is 48.4 Å². The number of methoxy groups -OCH3 is 1.